The summed E-state index contributed by atoms with van der Waals surface area (Å²) in [4.78, 5) is 11.5. The summed E-state index contributed by atoms with van der Waals surface area (Å²) in [5, 5.41) is 6.72. The quantitative estimate of drug-likeness (QED) is 0.498. The maximum Gasteiger partial charge on any atom is 0.234 e. The summed E-state index contributed by atoms with van der Waals surface area (Å²) in [6, 6.07) is 11.5. The van der Waals surface area contributed by atoms with Crippen LogP contribution in [-0.4, -0.2) is 48.4 Å². The lowest BCUT2D eigenvalue weighted by atomic mass is 10.0. The van der Waals surface area contributed by atoms with E-state index in [1.165, 1.54) is 6.42 Å². The van der Waals surface area contributed by atoms with Gasteiger partial charge in [-0.05, 0) is 49.5 Å². The zero-order chi connectivity index (χ0) is 20.5. The SMILES string of the molecule is COCCCNC(=S)Nc1nc(Oc2ccccc2)cc(N2CCCC(C)C2)n1. The Labute approximate surface area is 177 Å². The van der Waals surface area contributed by atoms with Gasteiger partial charge in [-0.2, -0.15) is 9.97 Å². The van der Waals surface area contributed by atoms with Gasteiger partial charge in [0.2, 0.25) is 11.8 Å². The molecular formula is C21H29N5O2S. The van der Waals surface area contributed by atoms with Crippen LogP contribution >= 0.6 is 12.2 Å². The first-order chi connectivity index (χ1) is 14.1. The highest BCUT2D eigenvalue weighted by Gasteiger charge is 2.20. The Hall–Kier alpha value is -2.45. The fourth-order valence-corrected chi connectivity index (χ4v) is 3.45. The standard InChI is InChI=1S/C21H29N5O2S/c1-16-8-6-12-26(15-16)18-14-19(28-17-9-4-3-5-10-17)24-20(23-18)25-21(29)22-11-7-13-27-2/h3-5,9-10,14,16H,6-8,11-13,15H2,1-2H3,(H2,22,23,24,25,29). The second-order valence-corrected chi connectivity index (χ2v) is 7.63. The number of piperidine rings is 1. The highest BCUT2D eigenvalue weighted by atomic mass is 32.1. The number of nitrogens with zero attached hydrogens (tertiary/aromatic N) is 3. The summed E-state index contributed by atoms with van der Waals surface area (Å²) in [6.45, 7) is 5.62. The van der Waals surface area contributed by atoms with Gasteiger partial charge >= 0.3 is 0 Å². The van der Waals surface area contributed by atoms with Gasteiger partial charge in [0.15, 0.2) is 5.11 Å². The maximum atomic E-state index is 5.97. The predicted octanol–water partition coefficient (Wildman–Crippen LogP) is 3.83. The lowest BCUT2D eigenvalue weighted by Gasteiger charge is -2.32. The van der Waals surface area contributed by atoms with E-state index in [2.05, 4.69) is 32.4 Å². The normalized spacial score (nSPS) is 16.3. The number of anilines is 2. The summed E-state index contributed by atoms with van der Waals surface area (Å²) >= 11 is 5.38. The third kappa shape index (κ3) is 6.83. The molecule has 29 heavy (non-hydrogen) atoms. The first-order valence-corrected chi connectivity index (χ1v) is 10.5. The number of para-hydroxylation sites is 1. The maximum absolute atomic E-state index is 5.97. The van der Waals surface area contributed by atoms with E-state index in [0.717, 1.165) is 44.0 Å². The molecule has 7 nitrogen and oxygen atoms in total. The molecule has 1 unspecified atom stereocenters. The van der Waals surface area contributed by atoms with Crippen LogP contribution in [0.25, 0.3) is 0 Å². The van der Waals surface area contributed by atoms with Crippen molar-refractivity contribution in [1.82, 2.24) is 15.3 Å². The first-order valence-electron chi connectivity index (χ1n) is 10.0. The molecule has 156 valence electrons. The Morgan fingerprint density at radius 3 is 2.86 bits per heavy atom. The average molecular weight is 416 g/mol. The van der Waals surface area contributed by atoms with Gasteiger partial charge < -0.3 is 25.0 Å². The molecule has 0 bridgehead atoms. The molecule has 1 atom stereocenters. The summed E-state index contributed by atoms with van der Waals surface area (Å²) < 4.78 is 11.0. The third-order valence-corrected chi connectivity index (χ3v) is 4.92. The van der Waals surface area contributed by atoms with Crippen molar-refractivity contribution in [2.75, 3.05) is 43.6 Å². The monoisotopic (exact) mass is 415 g/mol. The molecule has 0 saturated carbocycles. The first kappa shape index (κ1) is 21.3. The summed E-state index contributed by atoms with van der Waals surface area (Å²) in [5.74, 6) is 3.13. The van der Waals surface area contributed by atoms with Crippen LogP contribution in [0.5, 0.6) is 11.6 Å². The third-order valence-electron chi connectivity index (χ3n) is 4.67. The molecule has 1 fully saturated rings. The van der Waals surface area contributed by atoms with Gasteiger partial charge in [-0.15, -0.1) is 0 Å². The number of nitrogens with one attached hydrogen (secondary N) is 2. The van der Waals surface area contributed by atoms with Crippen LogP contribution in [0.4, 0.5) is 11.8 Å². The van der Waals surface area contributed by atoms with E-state index in [-0.39, 0.29) is 0 Å². The lowest BCUT2D eigenvalue weighted by molar-refractivity contribution is 0.196. The lowest BCUT2D eigenvalue weighted by Crippen LogP contribution is -2.35. The van der Waals surface area contributed by atoms with Gasteiger partial charge in [0.25, 0.3) is 0 Å². The number of methoxy groups -OCH3 is 1. The van der Waals surface area contributed by atoms with Crippen molar-refractivity contribution in [2.45, 2.75) is 26.2 Å². The Kier molecular flexibility index (Phi) is 8.01. The molecule has 1 saturated heterocycles. The van der Waals surface area contributed by atoms with Gasteiger partial charge in [-0.1, -0.05) is 25.1 Å². The zero-order valence-electron chi connectivity index (χ0n) is 17.1. The summed E-state index contributed by atoms with van der Waals surface area (Å²) in [5.41, 5.74) is 0. The van der Waals surface area contributed by atoms with Crippen molar-refractivity contribution in [3.05, 3.63) is 36.4 Å². The number of ether oxygens (including phenoxy) is 2. The minimum atomic E-state index is 0.427. The topological polar surface area (TPSA) is 71.5 Å². The van der Waals surface area contributed by atoms with Crippen LogP contribution in [0.2, 0.25) is 0 Å². The van der Waals surface area contributed by atoms with Crippen LogP contribution < -0.4 is 20.3 Å². The van der Waals surface area contributed by atoms with E-state index < -0.39 is 0 Å². The largest absolute Gasteiger partial charge is 0.439 e. The number of hydrogen-bond donors (Lipinski definition) is 2. The minimum Gasteiger partial charge on any atom is -0.439 e. The Bertz CT molecular complexity index is 790. The van der Waals surface area contributed by atoms with Crippen LogP contribution in [0.1, 0.15) is 26.2 Å². The number of thiocarbonyl (C=S) groups is 1. The van der Waals surface area contributed by atoms with Gasteiger partial charge in [0.05, 0.1) is 0 Å². The van der Waals surface area contributed by atoms with E-state index in [4.69, 9.17) is 21.7 Å². The van der Waals surface area contributed by atoms with E-state index >= 15 is 0 Å². The van der Waals surface area contributed by atoms with Crippen molar-refractivity contribution in [1.29, 1.82) is 0 Å². The van der Waals surface area contributed by atoms with Crippen LogP contribution in [0.3, 0.4) is 0 Å². The van der Waals surface area contributed by atoms with Gasteiger partial charge in [0.1, 0.15) is 11.6 Å². The molecule has 1 aliphatic heterocycles. The van der Waals surface area contributed by atoms with Gasteiger partial charge in [-0.3, -0.25) is 0 Å². The molecule has 2 heterocycles. The van der Waals surface area contributed by atoms with Crippen LogP contribution in [0.15, 0.2) is 36.4 Å². The fourth-order valence-electron chi connectivity index (χ4n) is 3.25. The number of aromatic nitrogens is 2. The smallest absolute Gasteiger partial charge is 0.234 e. The molecule has 0 amide bonds. The predicted molar refractivity (Wildman–Crippen MR) is 120 cm³/mol. The molecule has 0 radical (unpaired) electrons. The molecule has 0 aliphatic carbocycles. The second kappa shape index (κ2) is 10.9. The minimum absolute atomic E-state index is 0.427. The zero-order valence-corrected chi connectivity index (χ0v) is 17.9. The van der Waals surface area contributed by atoms with E-state index in [9.17, 15) is 0 Å². The molecular weight excluding hydrogens is 386 g/mol. The highest BCUT2D eigenvalue weighted by molar-refractivity contribution is 7.80. The Morgan fingerprint density at radius 2 is 2.10 bits per heavy atom. The summed E-state index contributed by atoms with van der Waals surface area (Å²) in [6.07, 6.45) is 3.27. The van der Waals surface area contributed by atoms with Crippen molar-refractivity contribution < 1.29 is 9.47 Å². The van der Waals surface area contributed by atoms with Crippen LogP contribution in [-0.2, 0) is 4.74 Å². The number of hydrogen-bond acceptors (Lipinski definition) is 6. The molecule has 1 aliphatic rings. The van der Waals surface area contributed by atoms with E-state index in [1.807, 2.05) is 36.4 Å². The Balaban J connectivity index is 1.75. The average Bonchev–Trinajstić information content (AvgIpc) is 2.72. The molecule has 1 aromatic heterocycles. The molecule has 0 spiro atoms. The van der Waals surface area contributed by atoms with Gasteiger partial charge in [-0.25, -0.2) is 0 Å². The van der Waals surface area contributed by atoms with Crippen molar-refractivity contribution in [2.24, 2.45) is 5.92 Å². The molecule has 2 aromatic rings. The fraction of sp³-hybridized carbons (Fsp3) is 0.476. The summed E-state index contributed by atoms with van der Waals surface area (Å²) in [7, 11) is 1.69. The Morgan fingerprint density at radius 1 is 1.28 bits per heavy atom. The highest BCUT2D eigenvalue weighted by Crippen LogP contribution is 2.27. The molecule has 8 heteroatoms. The number of benzene rings is 1. The van der Waals surface area contributed by atoms with Crippen molar-refractivity contribution >= 4 is 29.1 Å². The van der Waals surface area contributed by atoms with E-state index in [0.29, 0.717) is 29.5 Å². The van der Waals surface area contributed by atoms with Crippen LogP contribution in [0, 0.1) is 5.92 Å². The van der Waals surface area contributed by atoms with E-state index in [1.54, 1.807) is 7.11 Å². The van der Waals surface area contributed by atoms with Gasteiger partial charge in [0, 0.05) is 39.4 Å². The second-order valence-electron chi connectivity index (χ2n) is 7.22. The molecule has 1 aromatic carbocycles. The molecule has 2 N–H and O–H groups in total. The number of rotatable bonds is 8. The van der Waals surface area contributed by atoms with Crippen molar-refractivity contribution in [3.8, 4) is 11.6 Å². The molecule has 3 rings (SSSR count). The van der Waals surface area contributed by atoms with Crippen molar-refractivity contribution in [3.63, 3.8) is 0 Å².